The molecule has 0 spiro atoms. The average molecular weight is 531 g/mol. The van der Waals surface area contributed by atoms with Gasteiger partial charge in [0, 0.05) is 39.8 Å². The third-order valence-electron chi connectivity index (χ3n) is 7.88. The average Bonchev–Trinajstić information content (AvgIpc) is 3.31. The highest BCUT2D eigenvalue weighted by atomic mass is 16.5. The number of hydrogen-bond donors (Lipinski definition) is 2. The zero-order chi connectivity index (χ0) is 27.2. The van der Waals surface area contributed by atoms with Gasteiger partial charge in [-0.2, -0.15) is 0 Å². The Labute approximate surface area is 237 Å². The van der Waals surface area contributed by atoms with Crippen LogP contribution in [-0.4, -0.2) is 15.0 Å². The fourth-order valence-corrected chi connectivity index (χ4v) is 5.91. The van der Waals surface area contributed by atoms with Crippen LogP contribution in [0.3, 0.4) is 0 Å². The number of benzene rings is 4. The minimum absolute atomic E-state index is 0.562. The van der Waals surface area contributed by atoms with Crippen molar-refractivity contribution in [2.45, 2.75) is 12.8 Å². The van der Waals surface area contributed by atoms with E-state index < -0.39 is 0 Å². The summed E-state index contributed by atoms with van der Waals surface area (Å²) >= 11 is 0. The molecular weight excluding hydrogens is 504 g/mol. The number of aromatic amines is 1. The van der Waals surface area contributed by atoms with Crippen LogP contribution >= 0.6 is 0 Å². The number of hydrogen-bond acceptors (Lipinski definition) is 4. The first-order valence-corrected chi connectivity index (χ1v) is 13.9. The summed E-state index contributed by atoms with van der Waals surface area (Å²) in [7, 11) is 0. The first-order chi connectivity index (χ1) is 20.3. The van der Waals surface area contributed by atoms with Crippen molar-refractivity contribution >= 4 is 33.2 Å². The van der Waals surface area contributed by atoms with E-state index in [0.29, 0.717) is 5.88 Å². The second-order valence-corrected chi connectivity index (χ2v) is 10.3. The maximum absolute atomic E-state index is 6.17. The fourth-order valence-electron chi connectivity index (χ4n) is 5.91. The molecular formula is C36H26N4O. The van der Waals surface area contributed by atoms with Crippen LogP contribution in [0.25, 0.3) is 44.3 Å². The van der Waals surface area contributed by atoms with E-state index >= 15 is 0 Å². The third kappa shape index (κ3) is 4.10. The Morgan fingerprint density at radius 3 is 2.20 bits per heavy atom. The van der Waals surface area contributed by atoms with E-state index in [1.165, 1.54) is 16.8 Å². The zero-order valence-electron chi connectivity index (χ0n) is 22.3. The van der Waals surface area contributed by atoms with Gasteiger partial charge in [0.05, 0.1) is 28.1 Å². The quantitative estimate of drug-likeness (QED) is 0.238. The largest absolute Gasteiger partial charge is 0.437 e. The molecule has 0 bridgehead atoms. The fraction of sp³-hybridized carbons (Fsp3) is 0.0556. The third-order valence-corrected chi connectivity index (χ3v) is 7.88. The molecule has 0 radical (unpaired) electrons. The predicted molar refractivity (Wildman–Crippen MR) is 166 cm³/mol. The van der Waals surface area contributed by atoms with Crippen LogP contribution < -0.4 is 10.1 Å². The normalized spacial score (nSPS) is 12.4. The van der Waals surface area contributed by atoms with E-state index in [1.54, 1.807) is 6.20 Å². The molecule has 3 aromatic heterocycles. The second-order valence-electron chi connectivity index (χ2n) is 10.3. The lowest BCUT2D eigenvalue weighted by Gasteiger charge is -2.15. The SMILES string of the molecule is c1ccc(Oc2cccc3c2[nH]c2c(-c4cccc(-c5cccc6c5Nc5ccccc5CC6)n4)cccc23)nc1. The number of fused-ring (bicyclic) bond motifs is 5. The van der Waals surface area contributed by atoms with Gasteiger partial charge in [0.25, 0.3) is 0 Å². The Bertz CT molecular complexity index is 2060. The highest BCUT2D eigenvalue weighted by Crippen LogP contribution is 2.40. The summed E-state index contributed by atoms with van der Waals surface area (Å²) in [5.74, 6) is 1.30. The minimum atomic E-state index is 0.562. The molecule has 41 heavy (non-hydrogen) atoms. The summed E-state index contributed by atoms with van der Waals surface area (Å²) in [5.41, 5.74) is 10.9. The van der Waals surface area contributed by atoms with Gasteiger partial charge in [0.15, 0.2) is 5.75 Å². The monoisotopic (exact) mass is 530 g/mol. The Morgan fingerprint density at radius 1 is 0.585 bits per heavy atom. The van der Waals surface area contributed by atoms with Crippen LogP contribution in [0.5, 0.6) is 11.6 Å². The van der Waals surface area contributed by atoms with Gasteiger partial charge < -0.3 is 15.0 Å². The Kier molecular flexibility index (Phi) is 5.52. The zero-order valence-corrected chi connectivity index (χ0v) is 22.3. The number of anilines is 2. The Balaban J connectivity index is 1.24. The van der Waals surface area contributed by atoms with Crippen LogP contribution in [0.15, 0.2) is 121 Å². The van der Waals surface area contributed by atoms with E-state index in [1.807, 2.05) is 30.3 Å². The predicted octanol–water partition coefficient (Wildman–Crippen LogP) is 9.08. The van der Waals surface area contributed by atoms with Crippen molar-refractivity contribution in [2.75, 3.05) is 5.32 Å². The van der Waals surface area contributed by atoms with Gasteiger partial charge in [0.1, 0.15) is 0 Å². The topological polar surface area (TPSA) is 62.8 Å². The molecule has 0 aliphatic carbocycles. The lowest BCUT2D eigenvalue weighted by molar-refractivity contribution is 0.467. The second kappa shape index (κ2) is 9.65. The van der Waals surface area contributed by atoms with Gasteiger partial charge >= 0.3 is 0 Å². The van der Waals surface area contributed by atoms with Crippen molar-refractivity contribution in [3.8, 4) is 34.1 Å². The molecule has 0 unspecified atom stereocenters. The summed E-state index contributed by atoms with van der Waals surface area (Å²) in [5, 5.41) is 5.97. The van der Waals surface area contributed by atoms with Gasteiger partial charge in [-0.3, -0.25) is 0 Å². The van der Waals surface area contributed by atoms with E-state index in [-0.39, 0.29) is 0 Å². The van der Waals surface area contributed by atoms with Crippen LogP contribution in [0.4, 0.5) is 11.4 Å². The summed E-state index contributed by atoms with van der Waals surface area (Å²) in [6.45, 7) is 0. The van der Waals surface area contributed by atoms with E-state index in [9.17, 15) is 0 Å². The molecule has 0 saturated carbocycles. The van der Waals surface area contributed by atoms with E-state index in [4.69, 9.17) is 9.72 Å². The first-order valence-electron chi connectivity index (χ1n) is 13.9. The minimum Gasteiger partial charge on any atom is -0.437 e. The maximum Gasteiger partial charge on any atom is 0.219 e. The summed E-state index contributed by atoms with van der Waals surface area (Å²) in [6.07, 6.45) is 3.74. The van der Waals surface area contributed by atoms with Crippen LogP contribution in [-0.2, 0) is 12.8 Å². The number of rotatable bonds is 4. The molecule has 5 nitrogen and oxygen atoms in total. The van der Waals surface area contributed by atoms with Crippen LogP contribution in [0, 0.1) is 0 Å². The number of nitrogens with zero attached hydrogens (tertiary/aromatic N) is 2. The van der Waals surface area contributed by atoms with Crippen LogP contribution in [0.2, 0.25) is 0 Å². The van der Waals surface area contributed by atoms with Crippen molar-refractivity contribution in [1.82, 2.24) is 15.0 Å². The number of para-hydroxylation sites is 4. The summed E-state index contributed by atoms with van der Waals surface area (Å²) in [4.78, 5) is 13.2. The van der Waals surface area contributed by atoms with Gasteiger partial charge in [0.2, 0.25) is 5.88 Å². The molecule has 5 heteroatoms. The van der Waals surface area contributed by atoms with Crippen molar-refractivity contribution in [3.63, 3.8) is 0 Å². The van der Waals surface area contributed by atoms with Crippen molar-refractivity contribution in [1.29, 1.82) is 0 Å². The maximum atomic E-state index is 6.17. The standard InChI is InChI=1S/C36H26N4O/c1-2-15-29-23(9-1)20-21-24-10-5-13-27(34(24)39-29)30-16-8-17-31(38-30)28-14-6-11-25-26-12-7-18-32(36(26)40-35(25)28)41-33-19-3-4-22-37-33/h1-19,22,39-40H,20-21H2. The lowest BCUT2D eigenvalue weighted by atomic mass is 9.99. The highest BCUT2D eigenvalue weighted by molar-refractivity contribution is 6.13. The molecule has 0 fully saturated rings. The van der Waals surface area contributed by atoms with E-state index in [0.717, 1.165) is 68.6 Å². The van der Waals surface area contributed by atoms with Gasteiger partial charge in [-0.05, 0) is 54.3 Å². The number of pyridine rings is 2. The molecule has 4 heterocycles. The van der Waals surface area contributed by atoms with Crippen molar-refractivity contribution in [2.24, 2.45) is 0 Å². The number of ether oxygens (including phenoxy) is 1. The van der Waals surface area contributed by atoms with Crippen molar-refractivity contribution < 1.29 is 4.74 Å². The summed E-state index contributed by atoms with van der Waals surface area (Å²) < 4.78 is 6.17. The molecule has 0 atom stereocenters. The smallest absolute Gasteiger partial charge is 0.219 e. The van der Waals surface area contributed by atoms with Gasteiger partial charge in [-0.25, -0.2) is 9.97 Å². The molecule has 1 aliphatic rings. The van der Waals surface area contributed by atoms with Gasteiger partial charge in [-0.1, -0.05) is 78.9 Å². The summed E-state index contributed by atoms with van der Waals surface area (Å²) in [6, 6.07) is 39.5. The molecule has 0 saturated heterocycles. The molecule has 8 rings (SSSR count). The molecule has 2 N–H and O–H groups in total. The van der Waals surface area contributed by atoms with E-state index in [2.05, 4.69) is 100 Å². The molecule has 7 aromatic rings. The molecule has 1 aliphatic heterocycles. The lowest BCUT2D eigenvalue weighted by Crippen LogP contribution is -1.98. The number of aromatic nitrogens is 3. The van der Waals surface area contributed by atoms with Gasteiger partial charge in [-0.15, -0.1) is 0 Å². The Morgan fingerprint density at radius 2 is 1.29 bits per heavy atom. The molecule has 4 aromatic carbocycles. The molecule has 0 amide bonds. The number of nitrogens with one attached hydrogen (secondary N) is 2. The Hall–Kier alpha value is -5.42. The first kappa shape index (κ1) is 23.5. The van der Waals surface area contributed by atoms with Crippen molar-refractivity contribution in [3.05, 3.63) is 133 Å². The highest BCUT2D eigenvalue weighted by Gasteiger charge is 2.18. The van der Waals surface area contributed by atoms with Crippen LogP contribution in [0.1, 0.15) is 11.1 Å². The molecule has 196 valence electrons. The number of H-pyrrole nitrogens is 1. The number of aryl methyl sites for hydroxylation is 2.